The number of anilines is 3. The van der Waals surface area contributed by atoms with Crippen LogP contribution in [0.4, 0.5) is 17.1 Å². The third kappa shape index (κ3) is 5.96. The van der Waals surface area contributed by atoms with Crippen LogP contribution in [0.1, 0.15) is 22.7 Å². The Morgan fingerprint density at radius 3 is 1.69 bits per heavy atom. The van der Waals surface area contributed by atoms with E-state index in [1.807, 2.05) is 6.07 Å². The molecule has 1 atom stereocenters. The molecule has 1 aliphatic rings. The Bertz CT molecular complexity index is 2520. The number of fused-ring (bicyclic) bond motifs is 2. The largest absolute Gasteiger partial charge is 0.454 e. The predicted molar refractivity (Wildman–Crippen MR) is 215 cm³/mol. The fourth-order valence-electron chi connectivity index (χ4n) is 7.08. The molecule has 0 saturated heterocycles. The summed E-state index contributed by atoms with van der Waals surface area (Å²) in [7, 11) is 0. The quantitative estimate of drug-likeness (QED) is 0.168. The molecule has 51 heavy (non-hydrogen) atoms. The number of benzene rings is 8. The van der Waals surface area contributed by atoms with Crippen LogP contribution in [0.5, 0.6) is 0 Å². The van der Waals surface area contributed by atoms with E-state index in [4.69, 9.17) is 10.3 Å². The Kier molecular flexibility index (Phi) is 7.92. The van der Waals surface area contributed by atoms with E-state index < -0.39 is 0 Å². The van der Waals surface area contributed by atoms with E-state index in [2.05, 4.69) is 199 Å². The molecule has 0 N–H and O–H groups in total. The van der Waals surface area contributed by atoms with Crippen LogP contribution in [-0.2, 0) is 0 Å². The number of para-hydroxylation sites is 1. The molecule has 9 rings (SSSR count). The second kappa shape index (κ2) is 13.3. The van der Waals surface area contributed by atoms with Crippen LogP contribution < -0.4 is 4.90 Å². The van der Waals surface area contributed by atoms with E-state index in [1.165, 1.54) is 21.5 Å². The molecule has 1 aliphatic heterocycles. The van der Waals surface area contributed by atoms with Crippen LogP contribution in [-0.4, -0.2) is 5.84 Å². The SMILES string of the molecule is C1=C(c2cccc3ccccc23)N=C(c2ccc(-c3ccc(N(c4ccccc4)c4cccc5ccccc45)cc3)cc2)[N-]C1c1ccccc1. The van der Waals surface area contributed by atoms with Gasteiger partial charge in [0.05, 0.1) is 5.69 Å². The number of hydrogen-bond donors (Lipinski definition) is 0. The maximum atomic E-state index is 5.17. The van der Waals surface area contributed by atoms with Gasteiger partial charge in [0.1, 0.15) is 0 Å². The van der Waals surface area contributed by atoms with Crippen molar-refractivity contribution >= 4 is 50.1 Å². The van der Waals surface area contributed by atoms with Gasteiger partial charge in [0.2, 0.25) is 0 Å². The van der Waals surface area contributed by atoms with E-state index in [0.717, 1.165) is 56.4 Å². The average molecular weight is 653 g/mol. The van der Waals surface area contributed by atoms with Crippen molar-refractivity contribution in [2.45, 2.75) is 6.04 Å². The molecule has 0 fully saturated rings. The molecule has 0 amide bonds. The summed E-state index contributed by atoms with van der Waals surface area (Å²) in [6.07, 6.45) is 2.19. The van der Waals surface area contributed by atoms with Gasteiger partial charge in [-0.05, 0) is 80.0 Å². The molecule has 0 radical (unpaired) electrons. The molecular weight excluding hydrogens is 619 g/mol. The predicted octanol–water partition coefficient (Wildman–Crippen LogP) is 13.0. The molecule has 0 aliphatic carbocycles. The fraction of sp³-hybridized carbons (Fsp3) is 0.0208. The molecule has 0 aromatic heterocycles. The van der Waals surface area contributed by atoms with Gasteiger partial charge in [0.25, 0.3) is 0 Å². The number of hydrogen-bond acceptors (Lipinski definition) is 2. The summed E-state index contributed by atoms with van der Waals surface area (Å²) in [6, 6.07) is 68.4. The second-order valence-electron chi connectivity index (χ2n) is 12.8. The first-order valence-corrected chi connectivity index (χ1v) is 17.4. The smallest absolute Gasteiger partial charge is 0.0540 e. The summed E-state index contributed by atoms with van der Waals surface area (Å²) in [5, 5.41) is 9.98. The standard InChI is InChI=1S/C48H34N3/c1-3-15-38(16-4-1)45-33-46(44-23-11-17-36-13-7-9-21-42(36)44)50-48(49-45)39-27-25-34(26-28-39)35-29-31-41(32-30-35)51(40-19-5-2-6-20-40)47-24-12-18-37-14-8-10-22-43(37)47/h1-33,45H/q-1. The van der Waals surface area contributed by atoms with Crippen molar-refractivity contribution in [2.75, 3.05) is 4.90 Å². The normalized spacial score (nSPS) is 14.1. The van der Waals surface area contributed by atoms with Crippen LogP contribution in [0.3, 0.4) is 0 Å². The molecule has 3 nitrogen and oxygen atoms in total. The first-order chi connectivity index (χ1) is 25.3. The minimum absolute atomic E-state index is 0.130. The van der Waals surface area contributed by atoms with Crippen LogP contribution in [0.25, 0.3) is 43.7 Å². The highest BCUT2D eigenvalue weighted by molar-refractivity contribution is 6.13. The summed E-state index contributed by atoms with van der Waals surface area (Å²) in [4.78, 5) is 7.50. The molecule has 3 heteroatoms. The van der Waals surface area contributed by atoms with Crippen molar-refractivity contribution in [3.63, 3.8) is 0 Å². The van der Waals surface area contributed by atoms with Gasteiger partial charge in [-0.2, -0.15) is 0 Å². The van der Waals surface area contributed by atoms with Gasteiger partial charge >= 0.3 is 0 Å². The molecule has 1 unspecified atom stereocenters. The van der Waals surface area contributed by atoms with Gasteiger partial charge in [0.15, 0.2) is 0 Å². The van der Waals surface area contributed by atoms with Gasteiger partial charge in [-0.1, -0.05) is 176 Å². The van der Waals surface area contributed by atoms with Gasteiger partial charge in [-0.25, -0.2) is 0 Å². The van der Waals surface area contributed by atoms with E-state index in [0.29, 0.717) is 0 Å². The Morgan fingerprint density at radius 2 is 0.961 bits per heavy atom. The van der Waals surface area contributed by atoms with E-state index in [9.17, 15) is 0 Å². The lowest BCUT2D eigenvalue weighted by Crippen LogP contribution is -2.10. The van der Waals surface area contributed by atoms with Crippen molar-refractivity contribution < 1.29 is 0 Å². The highest BCUT2D eigenvalue weighted by Crippen LogP contribution is 2.40. The molecule has 0 bridgehead atoms. The monoisotopic (exact) mass is 652 g/mol. The van der Waals surface area contributed by atoms with Gasteiger partial charge < -0.3 is 15.2 Å². The fourth-order valence-corrected chi connectivity index (χ4v) is 7.08. The lowest BCUT2D eigenvalue weighted by atomic mass is 9.97. The zero-order valence-corrected chi connectivity index (χ0v) is 28.0. The Hall–Kier alpha value is -6.71. The third-order valence-corrected chi connectivity index (χ3v) is 9.63. The molecule has 1 heterocycles. The lowest BCUT2D eigenvalue weighted by molar-refractivity contribution is 1.04. The minimum atomic E-state index is -0.130. The first-order valence-electron chi connectivity index (χ1n) is 17.4. The van der Waals surface area contributed by atoms with Crippen molar-refractivity contribution in [3.05, 3.63) is 222 Å². The number of nitrogens with zero attached hydrogens (tertiary/aromatic N) is 3. The lowest BCUT2D eigenvalue weighted by Gasteiger charge is -2.33. The average Bonchev–Trinajstić information content (AvgIpc) is 3.22. The van der Waals surface area contributed by atoms with E-state index in [1.54, 1.807) is 0 Å². The molecule has 242 valence electrons. The van der Waals surface area contributed by atoms with Crippen molar-refractivity contribution in [1.82, 2.24) is 0 Å². The van der Waals surface area contributed by atoms with Crippen LogP contribution in [0, 0.1) is 0 Å². The summed E-state index contributed by atoms with van der Waals surface area (Å²) in [6.45, 7) is 0. The first kappa shape index (κ1) is 30.4. The Labute approximate surface area is 298 Å². The maximum absolute atomic E-state index is 5.17. The Balaban J connectivity index is 1.05. The molecule has 8 aromatic rings. The molecule has 0 saturated carbocycles. The second-order valence-corrected chi connectivity index (χ2v) is 12.8. The summed E-state index contributed by atoms with van der Waals surface area (Å²) in [5.74, 6) is 0.741. The van der Waals surface area contributed by atoms with Crippen molar-refractivity contribution in [3.8, 4) is 11.1 Å². The van der Waals surface area contributed by atoms with Crippen LogP contribution in [0.15, 0.2) is 205 Å². The molecule has 8 aromatic carbocycles. The number of rotatable bonds is 7. The van der Waals surface area contributed by atoms with Crippen LogP contribution >= 0.6 is 0 Å². The van der Waals surface area contributed by atoms with E-state index in [-0.39, 0.29) is 6.04 Å². The maximum Gasteiger partial charge on any atom is 0.0540 e. The highest BCUT2D eigenvalue weighted by atomic mass is 15.1. The van der Waals surface area contributed by atoms with E-state index >= 15 is 0 Å². The van der Waals surface area contributed by atoms with Crippen molar-refractivity contribution in [2.24, 2.45) is 4.99 Å². The minimum Gasteiger partial charge on any atom is -0.454 e. The summed E-state index contributed by atoms with van der Waals surface area (Å²) < 4.78 is 0. The van der Waals surface area contributed by atoms with Gasteiger partial charge in [-0.3, -0.25) is 0 Å². The number of aliphatic imine (C=N–C) groups is 1. The zero-order valence-electron chi connectivity index (χ0n) is 28.0. The molecular formula is C48H34N3-. The topological polar surface area (TPSA) is 29.7 Å². The number of amidine groups is 1. The van der Waals surface area contributed by atoms with Crippen LogP contribution in [0.2, 0.25) is 0 Å². The zero-order chi connectivity index (χ0) is 34.0. The summed E-state index contributed by atoms with van der Waals surface area (Å²) in [5.41, 5.74) is 9.87. The molecule has 0 spiro atoms. The van der Waals surface area contributed by atoms with Gasteiger partial charge in [0, 0.05) is 22.8 Å². The third-order valence-electron chi connectivity index (χ3n) is 9.63. The van der Waals surface area contributed by atoms with Gasteiger partial charge in [-0.15, -0.1) is 0 Å². The van der Waals surface area contributed by atoms with Crippen molar-refractivity contribution in [1.29, 1.82) is 0 Å². The summed E-state index contributed by atoms with van der Waals surface area (Å²) >= 11 is 0. The highest BCUT2D eigenvalue weighted by Gasteiger charge is 2.16. The Morgan fingerprint density at radius 1 is 0.431 bits per heavy atom.